The lowest BCUT2D eigenvalue weighted by molar-refractivity contribution is 0.503. The second-order valence-corrected chi connectivity index (χ2v) is 5.59. The predicted octanol–water partition coefficient (Wildman–Crippen LogP) is 3.96. The Morgan fingerprint density at radius 2 is 1.37 bits per heavy atom. The normalized spacial score (nSPS) is 11.6. The van der Waals surface area contributed by atoms with E-state index in [2.05, 4.69) is 14.4 Å². The van der Waals surface area contributed by atoms with Gasteiger partial charge in [0.2, 0.25) is 0 Å². The molecule has 0 atom stereocenters. The van der Waals surface area contributed by atoms with Crippen molar-refractivity contribution in [2.75, 3.05) is 0 Å². The van der Waals surface area contributed by atoms with Gasteiger partial charge in [-0.3, -0.25) is 0 Å². The standard InChI is InChI=1S/C12H9ClN2O3S/c13-19(16,17)18-12-8-6-11(7-9-12)15-14-10-4-2-1-3-5-10/h1-9H. The van der Waals surface area contributed by atoms with E-state index < -0.39 is 9.33 Å². The SMILES string of the molecule is O=S(=O)(Cl)Oc1ccc(N=Nc2ccccc2)cc1. The molecule has 7 heteroatoms. The van der Waals surface area contributed by atoms with Crippen LogP contribution in [0.4, 0.5) is 11.4 Å². The fourth-order valence-corrected chi connectivity index (χ4v) is 1.85. The zero-order valence-electron chi connectivity index (χ0n) is 9.60. The molecule has 0 aliphatic rings. The largest absolute Gasteiger partial charge is 0.401 e. The van der Waals surface area contributed by atoms with E-state index in [0.717, 1.165) is 5.69 Å². The number of hydrogen-bond acceptors (Lipinski definition) is 5. The molecule has 0 amide bonds. The van der Waals surface area contributed by atoms with Gasteiger partial charge in [0.1, 0.15) is 5.75 Å². The van der Waals surface area contributed by atoms with Crippen molar-refractivity contribution >= 4 is 31.4 Å². The third-order valence-electron chi connectivity index (χ3n) is 2.07. The molecule has 0 bridgehead atoms. The number of nitrogens with zero attached hydrogens (tertiary/aromatic N) is 2. The van der Waals surface area contributed by atoms with E-state index >= 15 is 0 Å². The summed E-state index contributed by atoms with van der Waals surface area (Å²) < 4.78 is 25.9. The molecule has 19 heavy (non-hydrogen) atoms. The van der Waals surface area contributed by atoms with Gasteiger partial charge in [0.25, 0.3) is 0 Å². The van der Waals surface area contributed by atoms with Crippen LogP contribution in [0.15, 0.2) is 64.8 Å². The molecule has 0 radical (unpaired) electrons. The van der Waals surface area contributed by atoms with Crippen LogP contribution in [0, 0.1) is 0 Å². The van der Waals surface area contributed by atoms with Gasteiger partial charge in [-0.1, -0.05) is 18.2 Å². The number of hydrogen-bond donors (Lipinski definition) is 0. The number of benzene rings is 2. The summed E-state index contributed by atoms with van der Waals surface area (Å²) in [5.74, 6) is 0.119. The minimum atomic E-state index is -4.03. The maximum Gasteiger partial charge on any atom is 0.401 e. The van der Waals surface area contributed by atoms with E-state index in [4.69, 9.17) is 10.7 Å². The van der Waals surface area contributed by atoms with Gasteiger partial charge in [0.05, 0.1) is 22.1 Å². The Labute approximate surface area is 115 Å². The average Bonchev–Trinajstić information content (AvgIpc) is 2.37. The third kappa shape index (κ3) is 4.69. The molecule has 0 saturated heterocycles. The van der Waals surface area contributed by atoms with E-state index in [1.54, 1.807) is 12.1 Å². The predicted molar refractivity (Wildman–Crippen MR) is 72.5 cm³/mol. The average molecular weight is 297 g/mol. The van der Waals surface area contributed by atoms with Gasteiger partial charge in [0, 0.05) is 0 Å². The zero-order chi connectivity index (χ0) is 13.7. The maximum atomic E-state index is 10.7. The van der Waals surface area contributed by atoms with E-state index in [9.17, 15) is 8.42 Å². The van der Waals surface area contributed by atoms with Crippen LogP contribution in [0.3, 0.4) is 0 Å². The van der Waals surface area contributed by atoms with Crippen molar-refractivity contribution < 1.29 is 12.6 Å². The lowest BCUT2D eigenvalue weighted by Crippen LogP contribution is -1.99. The first-order valence-electron chi connectivity index (χ1n) is 5.24. The Kier molecular flexibility index (Phi) is 4.13. The summed E-state index contributed by atoms with van der Waals surface area (Å²) in [5.41, 5.74) is 1.30. The summed E-state index contributed by atoms with van der Waals surface area (Å²) >= 11 is 0. The molecule has 2 aromatic carbocycles. The molecule has 0 aliphatic heterocycles. The smallest absolute Gasteiger partial charge is 0.371 e. The van der Waals surface area contributed by atoms with Gasteiger partial charge in [0.15, 0.2) is 0 Å². The number of halogens is 1. The van der Waals surface area contributed by atoms with Gasteiger partial charge >= 0.3 is 9.33 Å². The third-order valence-corrected chi connectivity index (χ3v) is 2.65. The molecule has 98 valence electrons. The van der Waals surface area contributed by atoms with Gasteiger partial charge in [-0.2, -0.15) is 18.6 Å². The Hall–Kier alpha value is -1.92. The molecule has 0 unspecified atom stereocenters. The molecule has 0 spiro atoms. The maximum absolute atomic E-state index is 10.7. The van der Waals surface area contributed by atoms with Crippen molar-refractivity contribution in [3.8, 4) is 5.75 Å². The van der Waals surface area contributed by atoms with Gasteiger partial charge in [-0.25, -0.2) is 0 Å². The highest BCUT2D eigenvalue weighted by atomic mass is 35.7. The van der Waals surface area contributed by atoms with E-state index in [0.29, 0.717) is 5.69 Å². The Morgan fingerprint density at radius 3 is 1.89 bits per heavy atom. The monoisotopic (exact) mass is 296 g/mol. The van der Waals surface area contributed by atoms with Crippen molar-refractivity contribution in [2.45, 2.75) is 0 Å². The van der Waals surface area contributed by atoms with Crippen LogP contribution in [0.25, 0.3) is 0 Å². The number of azo groups is 1. The first kappa shape index (κ1) is 13.5. The first-order valence-corrected chi connectivity index (χ1v) is 7.47. The summed E-state index contributed by atoms with van der Waals surface area (Å²) in [5, 5.41) is 8.02. The Morgan fingerprint density at radius 1 is 0.842 bits per heavy atom. The van der Waals surface area contributed by atoms with Gasteiger partial charge in [-0.05, 0) is 36.4 Å². The molecule has 2 aromatic rings. The van der Waals surface area contributed by atoms with Crippen LogP contribution in [0.2, 0.25) is 0 Å². The highest BCUT2D eigenvalue weighted by molar-refractivity contribution is 8.10. The fraction of sp³-hybridized carbons (Fsp3) is 0. The lowest BCUT2D eigenvalue weighted by atomic mass is 10.3. The molecule has 0 saturated carbocycles. The summed E-state index contributed by atoms with van der Waals surface area (Å²) in [6.45, 7) is 0. The highest BCUT2D eigenvalue weighted by Gasteiger charge is 2.06. The molecule has 0 aromatic heterocycles. The van der Waals surface area contributed by atoms with E-state index in [1.165, 1.54) is 12.1 Å². The molecule has 0 aliphatic carbocycles. The topological polar surface area (TPSA) is 68.1 Å². The number of rotatable bonds is 4. The minimum Gasteiger partial charge on any atom is -0.371 e. The summed E-state index contributed by atoms with van der Waals surface area (Å²) in [4.78, 5) is 0. The second-order valence-electron chi connectivity index (χ2n) is 3.51. The zero-order valence-corrected chi connectivity index (χ0v) is 11.2. The Balaban J connectivity index is 2.09. The highest BCUT2D eigenvalue weighted by Crippen LogP contribution is 2.22. The first-order chi connectivity index (χ1) is 9.03. The van der Waals surface area contributed by atoms with Crippen LogP contribution in [0.5, 0.6) is 5.75 Å². The van der Waals surface area contributed by atoms with Crippen molar-refractivity contribution in [1.82, 2.24) is 0 Å². The molecule has 5 nitrogen and oxygen atoms in total. The lowest BCUT2D eigenvalue weighted by Gasteiger charge is -2.00. The van der Waals surface area contributed by atoms with E-state index in [1.807, 2.05) is 30.3 Å². The molecule has 0 heterocycles. The molecular formula is C12H9ClN2O3S. The molecule has 2 rings (SSSR count). The Bertz CT molecular complexity index is 670. The minimum absolute atomic E-state index is 0.119. The van der Waals surface area contributed by atoms with Crippen LogP contribution in [-0.4, -0.2) is 8.42 Å². The van der Waals surface area contributed by atoms with E-state index in [-0.39, 0.29) is 5.75 Å². The second kappa shape index (κ2) is 5.81. The molecule has 0 N–H and O–H groups in total. The van der Waals surface area contributed by atoms with Crippen molar-refractivity contribution in [1.29, 1.82) is 0 Å². The summed E-state index contributed by atoms with van der Waals surface area (Å²) in [6, 6.07) is 15.3. The van der Waals surface area contributed by atoms with Crippen LogP contribution in [0.1, 0.15) is 0 Å². The van der Waals surface area contributed by atoms with Gasteiger partial charge < -0.3 is 4.18 Å². The van der Waals surface area contributed by atoms with Crippen molar-refractivity contribution in [3.05, 3.63) is 54.6 Å². The quantitative estimate of drug-likeness (QED) is 0.633. The van der Waals surface area contributed by atoms with Crippen LogP contribution in [-0.2, 0) is 9.33 Å². The van der Waals surface area contributed by atoms with Gasteiger partial charge in [-0.15, -0.1) is 0 Å². The van der Waals surface area contributed by atoms with Crippen molar-refractivity contribution in [2.24, 2.45) is 10.2 Å². The molecular weight excluding hydrogens is 288 g/mol. The summed E-state index contributed by atoms with van der Waals surface area (Å²) in [7, 11) is 0.930. The van der Waals surface area contributed by atoms with Crippen LogP contribution >= 0.6 is 10.7 Å². The van der Waals surface area contributed by atoms with Crippen LogP contribution < -0.4 is 4.18 Å². The molecule has 0 fully saturated rings. The summed E-state index contributed by atoms with van der Waals surface area (Å²) in [6.07, 6.45) is 0. The van der Waals surface area contributed by atoms with Crippen molar-refractivity contribution in [3.63, 3.8) is 0 Å². The fourth-order valence-electron chi connectivity index (χ4n) is 1.29.